The fourth-order valence-corrected chi connectivity index (χ4v) is 3.12. The molecule has 0 saturated carbocycles. The van der Waals surface area contributed by atoms with Crippen LogP contribution in [-0.2, 0) is 9.53 Å². The number of allylic oxidation sites excluding steroid dienone is 1. The first-order chi connectivity index (χ1) is 13.0. The van der Waals surface area contributed by atoms with Crippen LogP contribution in [0.25, 0.3) is 11.0 Å². The maximum absolute atomic E-state index is 12.2. The molecule has 0 unspecified atom stereocenters. The summed E-state index contributed by atoms with van der Waals surface area (Å²) < 4.78 is 5.12. The van der Waals surface area contributed by atoms with Crippen LogP contribution in [0.5, 0.6) is 0 Å². The Morgan fingerprint density at radius 1 is 1.11 bits per heavy atom. The maximum Gasteiger partial charge on any atom is 0.338 e. The summed E-state index contributed by atoms with van der Waals surface area (Å²) >= 11 is 0. The third-order valence-electron chi connectivity index (χ3n) is 4.80. The third kappa shape index (κ3) is 5.12. The van der Waals surface area contributed by atoms with E-state index in [0.29, 0.717) is 17.6 Å². The lowest BCUT2D eigenvalue weighted by molar-refractivity contribution is -0.124. The van der Waals surface area contributed by atoms with Gasteiger partial charge in [0.1, 0.15) is 0 Å². The van der Waals surface area contributed by atoms with Gasteiger partial charge in [0.15, 0.2) is 6.61 Å². The number of benzene rings is 1. The number of nitrogens with one attached hydrogen (secondary N) is 1. The number of carbonyl (C=O) groups is 2. The Bertz CT molecular complexity index is 890. The van der Waals surface area contributed by atoms with Crippen LogP contribution < -0.4 is 5.32 Å². The van der Waals surface area contributed by atoms with Crippen molar-refractivity contribution in [3.05, 3.63) is 46.8 Å². The van der Waals surface area contributed by atoms with E-state index < -0.39 is 5.97 Å². The molecular formula is C21H25N3O3. The van der Waals surface area contributed by atoms with E-state index in [1.807, 2.05) is 13.8 Å². The molecule has 1 heterocycles. The van der Waals surface area contributed by atoms with Gasteiger partial charge >= 0.3 is 5.97 Å². The summed E-state index contributed by atoms with van der Waals surface area (Å²) in [6.07, 6.45) is 7.87. The average Bonchev–Trinajstić information content (AvgIpc) is 2.67. The van der Waals surface area contributed by atoms with Crippen molar-refractivity contribution in [2.45, 2.75) is 46.0 Å². The topological polar surface area (TPSA) is 81.2 Å². The SMILES string of the molecule is Cc1nc2ccc(C(=O)OCC(=O)NCCC3=CCCCC3)cc2nc1C. The van der Waals surface area contributed by atoms with E-state index in [2.05, 4.69) is 21.4 Å². The molecule has 6 heteroatoms. The van der Waals surface area contributed by atoms with Gasteiger partial charge in [-0.05, 0) is 64.2 Å². The van der Waals surface area contributed by atoms with Crippen LogP contribution in [-0.4, -0.2) is 35.0 Å². The fourth-order valence-electron chi connectivity index (χ4n) is 3.12. The number of fused-ring (bicyclic) bond motifs is 1. The van der Waals surface area contributed by atoms with Crippen molar-refractivity contribution in [3.63, 3.8) is 0 Å². The standard InChI is InChI=1S/C21H25N3O3/c1-14-15(2)24-19-12-17(8-9-18(19)23-14)21(26)27-13-20(25)22-11-10-16-6-4-3-5-7-16/h6,8-9,12H,3-5,7,10-11,13H2,1-2H3,(H,22,25). The van der Waals surface area contributed by atoms with Gasteiger partial charge in [0.2, 0.25) is 0 Å². The lowest BCUT2D eigenvalue weighted by atomic mass is 9.97. The second-order valence-corrected chi connectivity index (χ2v) is 6.88. The molecule has 1 N–H and O–H groups in total. The molecule has 1 amide bonds. The van der Waals surface area contributed by atoms with Gasteiger partial charge in [-0.1, -0.05) is 11.6 Å². The van der Waals surface area contributed by atoms with Crippen molar-refractivity contribution in [1.82, 2.24) is 15.3 Å². The molecule has 1 aromatic heterocycles. The molecule has 2 aromatic rings. The van der Waals surface area contributed by atoms with Crippen LogP contribution in [0.3, 0.4) is 0 Å². The van der Waals surface area contributed by atoms with Crippen molar-refractivity contribution < 1.29 is 14.3 Å². The van der Waals surface area contributed by atoms with Crippen molar-refractivity contribution in [2.24, 2.45) is 0 Å². The van der Waals surface area contributed by atoms with Crippen LogP contribution in [0.15, 0.2) is 29.8 Å². The summed E-state index contributed by atoms with van der Waals surface area (Å²) in [5.41, 5.74) is 4.81. The number of esters is 1. The summed E-state index contributed by atoms with van der Waals surface area (Å²) in [7, 11) is 0. The number of aryl methyl sites for hydroxylation is 2. The zero-order valence-electron chi connectivity index (χ0n) is 15.9. The minimum Gasteiger partial charge on any atom is -0.452 e. The summed E-state index contributed by atoms with van der Waals surface area (Å²) in [6.45, 7) is 4.06. The second-order valence-electron chi connectivity index (χ2n) is 6.88. The molecule has 0 aliphatic heterocycles. The van der Waals surface area contributed by atoms with Crippen LogP contribution in [0, 0.1) is 13.8 Å². The first-order valence-corrected chi connectivity index (χ1v) is 9.39. The molecule has 0 bridgehead atoms. The number of aromatic nitrogens is 2. The molecule has 3 rings (SSSR count). The minimum absolute atomic E-state index is 0.283. The minimum atomic E-state index is -0.540. The predicted octanol–water partition coefficient (Wildman–Crippen LogP) is 3.41. The Balaban J connectivity index is 1.49. The number of carbonyl (C=O) groups excluding carboxylic acids is 2. The lowest BCUT2D eigenvalue weighted by Gasteiger charge is -2.13. The molecule has 27 heavy (non-hydrogen) atoms. The van der Waals surface area contributed by atoms with Crippen LogP contribution in [0.2, 0.25) is 0 Å². The molecule has 1 aliphatic rings. The highest BCUT2D eigenvalue weighted by atomic mass is 16.5. The van der Waals surface area contributed by atoms with Crippen molar-refractivity contribution in [1.29, 1.82) is 0 Å². The zero-order valence-corrected chi connectivity index (χ0v) is 15.9. The summed E-state index contributed by atoms with van der Waals surface area (Å²) in [5, 5.41) is 2.80. The second kappa shape index (κ2) is 8.75. The molecule has 0 saturated heterocycles. The first kappa shape index (κ1) is 19.0. The highest BCUT2D eigenvalue weighted by Gasteiger charge is 2.12. The van der Waals surface area contributed by atoms with Crippen molar-refractivity contribution in [3.8, 4) is 0 Å². The van der Waals surface area contributed by atoms with E-state index >= 15 is 0 Å². The van der Waals surface area contributed by atoms with Crippen molar-refractivity contribution >= 4 is 22.9 Å². The van der Waals surface area contributed by atoms with Gasteiger partial charge in [-0.15, -0.1) is 0 Å². The zero-order chi connectivity index (χ0) is 19.2. The van der Waals surface area contributed by atoms with E-state index in [1.165, 1.54) is 18.4 Å². The van der Waals surface area contributed by atoms with E-state index in [9.17, 15) is 9.59 Å². The van der Waals surface area contributed by atoms with Gasteiger partial charge in [0.25, 0.3) is 5.91 Å². The summed E-state index contributed by atoms with van der Waals surface area (Å²) in [6, 6.07) is 5.02. The Morgan fingerprint density at radius 3 is 2.63 bits per heavy atom. The smallest absolute Gasteiger partial charge is 0.338 e. The highest BCUT2D eigenvalue weighted by molar-refractivity contribution is 5.94. The predicted molar refractivity (Wildman–Crippen MR) is 103 cm³/mol. The highest BCUT2D eigenvalue weighted by Crippen LogP contribution is 2.19. The first-order valence-electron chi connectivity index (χ1n) is 9.39. The van der Waals surface area contributed by atoms with Gasteiger partial charge in [0.05, 0.1) is 28.0 Å². The Hall–Kier alpha value is -2.76. The van der Waals surface area contributed by atoms with Gasteiger partial charge in [-0.25, -0.2) is 14.8 Å². The lowest BCUT2D eigenvalue weighted by Crippen LogP contribution is -2.29. The van der Waals surface area contributed by atoms with E-state index in [1.54, 1.807) is 18.2 Å². The largest absolute Gasteiger partial charge is 0.452 e. The number of rotatable bonds is 6. The van der Waals surface area contributed by atoms with Gasteiger partial charge in [-0.2, -0.15) is 0 Å². The van der Waals surface area contributed by atoms with Crippen LogP contribution in [0.4, 0.5) is 0 Å². The number of amides is 1. The molecular weight excluding hydrogens is 342 g/mol. The van der Waals surface area contributed by atoms with E-state index in [-0.39, 0.29) is 12.5 Å². The fraction of sp³-hybridized carbons (Fsp3) is 0.429. The molecule has 1 aliphatic carbocycles. The van der Waals surface area contributed by atoms with Crippen LogP contribution in [0.1, 0.15) is 53.8 Å². The molecule has 0 fully saturated rings. The number of hydrogen-bond donors (Lipinski definition) is 1. The molecule has 0 radical (unpaired) electrons. The van der Waals surface area contributed by atoms with Crippen LogP contribution >= 0.6 is 0 Å². The normalized spacial score (nSPS) is 13.9. The molecule has 0 spiro atoms. The molecule has 6 nitrogen and oxygen atoms in total. The number of ether oxygens (including phenoxy) is 1. The average molecular weight is 367 g/mol. The summed E-state index contributed by atoms with van der Waals surface area (Å²) in [5.74, 6) is -0.825. The third-order valence-corrected chi connectivity index (χ3v) is 4.80. The summed E-state index contributed by atoms with van der Waals surface area (Å²) in [4.78, 5) is 33.0. The molecule has 142 valence electrons. The molecule has 1 aromatic carbocycles. The number of hydrogen-bond acceptors (Lipinski definition) is 5. The van der Waals surface area contributed by atoms with E-state index in [4.69, 9.17) is 4.74 Å². The Morgan fingerprint density at radius 2 is 1.89 bits per heavy atom. The van der Waals surface area contributed by atoms with Gasteiger partial charge < -0.3 is 10.1 Å². The van der Waals surface area contributed by atoms with Crippen molar-refractivity contribution in [2.75, 3.05) is 13.2 Å². The molecule has 0 atom stereocenters. The monoisotopic (exact) mass is 367 g/mol. The van der Waals surface area contributed by atoms with Gasteiger partial charge in [-0.3, -0.25) is 4.79 Å². The van der Waals surface area contributed by atoms with Gasteiger partial charge in [0, 0.05) is 6.54 Å². The Labute approximate surface area is 159 Å². The quantitative estimate of drug-likeness (QED) is 0.625. The number of nitrogens with zero attached hydrogens (tertiary/aromatic N) is 2. The maximum atomic E-state index is 12.2. The Kier molecular flexibility index (Phi) is 6.16. The van der Waals surface area contributed by atoms with E-state index in [0.717, 1.165) is 36.2 Å².